The number of rotatable bonds is 15. The molecule has 0 amide bonds. The Kier molecular flexibility index (Phi) is 11.7. The predicted octanol–water partition coefficient (Wildman–Crippen LogP) is 7.61. The Hall–Kier alpha value is -2.36. The number of para-hydroxylation sites is 1. The van der Waals surface area contributed by atoms with Crippen LogP contribution in [0.2, 0.25) is 0 Å². The fourth-order valence-electron chi connectivity index (χ4n) is 3.47. The highest BCUT2D eigenvalue weighted by molar-refractivity contribution is 5.81. The van der Waals surface area contributed by atoms with Crippen LogP contribution in [0.4, 0.5) is 0 Å². The van der Waals surface area contributed by atoms with E-state index in [0.29, 0.717) is 12.4 Å². The Morgan fingerprint density at radius 3 is 2.23 bits per heavy atom. The lowest BCUT2D eigenvalue weighted by Crippen LogP contribution is -2.17. The minimum absolute atomic E-state index is 0.132. The quantitative estimate of drug-likeness (QED) is 0.167. The van der Waals surface area contributed by atoms with Gasteiger partial charge in [0.25, 0.3) is 0 Å². The van der Waals surface area contributed by atoms with Gasteiger partial charge in [-0.3, -0.25) is 9.78 Å². The van der Waals surface area contributed by atoms with Gasteiger partial charge in [0.1, 0.15) is 11.5 Å². The van der Waals surface area contributed by atoms with Crippen molar-refractivity contribution < 1.29 is 14.3 Å². The first-order chi connectivity index (χ1) is 15.2. The molecule has 2 rings (SSSR count). The largest absolute Gasteiger partial charge is 0.491 e. The van der Waals surface area contributed by atoms with E-state index < -0.39 is 0 Å². The second-order valence-corrected chi connectivity index (χ2v) is 8.28. The highest BCUT2D eigenvalue weighted by Gasteiger charge is 2.17. The number of carbonyl (C=O) groups is 1. The summed E-state index contributed by atoms with van der Waals surface area (Å²) in [6.45, 7) is 6.80. The molecule has 4 heteroatoms. The number of aromatic nitrogens is 1. The zero-order valence-electron chi connectivity index (χ0n) is 19.6. The van der Waals surface area contributed by atoms with Crippen molar-refractivity contribution in [1.82, 2.24) is 4.98 Å². The van der Waals surface area contributed by atoms with E-state index >= 15 is 0 Å². The van der Waals surface area contributed by atoms with Gasteiger partial charge in [-0.05, 0) is 25.0 Å². The van der Waals surface area contributed by atoms with Crippen LogP contribution in [0.3, 0.4) is 0 Å². The minimum atomic E-state index is -0.207. The van der Waals surface area contributed by atoms with Crippen molar-refractivity contribution in [1.29, 1.82) is 0 Å². The molecule has 2 aromatic rings. The Labute approximate surface area is 188 Å². The lowest BCUT2D eigenvalue weighted by Gasteiger charge is -2.15. The van der Waals surface area contributed by atoms with E-state index in [1.165, 1.54) is 51.4 Å². The molecule has 0 aliphatic rings. The van der Waals surface area contributed by atoms with Crippen LogP contribution in [0.25, 0.3) is 11.1 Å². The summed E-state index contributed by atoms with van der Waals surface area (Å²) in [7, 11) is 0. The third-order valence-electron chi connectivity index (χ3n) is 5.69. The van der Waals surface area contributed by atoms with Gasteiger partial charge in [0.2, 0.25) is 0 Å². The van der Waals surface area contributed by atoms with Crippen molar-refractivity contribution in [2.24, 2.45) is 5.92 Å². The first kappa shape index (κ1) is 24.9. The summed E-state index contributed by atoms with van der Waals surface area (Å²) in [4.78, 5) is 16.6. The standard InChI is InChI=1S/C27H39NO3/c1-4-6-7-8-9-10-11-12-15-20-30-26-21-28-19-18-24(26)23-16-13-14-17-25(23)31-27(29)22(3)5-2/h13-14,16-19,21-22H,4-12,15,20H2,1-3H3. The summed E-state index contributed by atoms with van der Waals surface area (Å²) in [5, 5.41) is 0. The molecule has 0 spiro atoms. The zero-order valence-corrected chi connectivity index (χ0v) is 19.6. The Balaban J connectivity index is 1.89. The van der Waals surface area contributed by atoms with Gasteiger partial charge in [-0.2, -0.15) is 0 Å². The number of hydrogen-bond donors (Lipinski definition) is 0. The minimum Gasteiger partial charge on any atom is -0.491 e. The van der Waals surface area contributed by atoms with Crippen molar-refractivity contribution in [2.75, 3.05) is 6.61 Å². The molecule has 0 radical (unpaired) electrons. The molecule has 4 nitrogen and oxygen atoms in total. The molecule has 0 saturated carbocycles. The molecule has 1 aromatic heterocycles. The van der Waals surface area contributed by atoms with Crippen LogP contribution >= 0.6 is 0 Å². The molecule has 31 heavy (non-hydrogen) atoms. The Morgan fingerprint density at radius 1 is 0.871 bits per heavy atom. The van der Waals surface area contributed by atoms with Gasteiger partial charge >= 0.3 is 5.97 Å². The number of carbonyl (C=O) groups excluding carboxylic acids is 1. The van der Waals surface area contributed by atoms with Gasteiger partial charge in [0, 0.05) is 17.3 Å². The fraction of sp³-hybridized carbons (Fsp3) is 0.556. The van der Waals surface area contributed by atoms with Crippen LogP contribution in [0.15, 0.2) is 42.7 Å². The molecule has 0 saturated heterocycles. The van der Waals surface area contributed by atoms with Crippen LogP contribution < -0.4 is 9.47 Å². The molecule has 1 atom stereocenters. The molecule has 1 unspecified atom stereocenters. The van der Waals surface area contributed by atoms with E-state index in [0.717, 1.165) is 29.7 Å². The highest BCUT2D eigenvalue weighted by atomic mass is 16.5. The van der Waals surface area contributed by atoms with E-state index in [-0.39, 0.29) is 11.9 Å². The van der Waals surface area contributed by atoms with Crippen molar-refractivity contribution in [3.8, 4) is 22.6 Å². The summed E-state index contributed by atoms with van der Waals surface area (Å²) in [5.74, 6) is 0.954. The average molecular weight is 426 g/mol. The van der Waals surface area contributed by atoms with Crippen molar-refractivity contribution >= 4 is 5.97 Å². The Morgan fingerprint density at radius 2 is 1.52 bits per heavy atom. The predicted molar refractivity (Wildman–Crippen MR) is 127 cm³/mol. The highest BCUT2D eigenvalue weighted by Crippen LogP contribution is 2.36. The smallest absolute Gasteiger partial charge is 0.314 e. The van der Waals surface area contributed by atoms with E-state index in [1.54, 1.807) is 12.4 Å². The number of pyridine rings is 1. The zero-order chi connectivity index (χ0) is 22.3. The summed E-state index contributed by atoms with van der Waals surface area (Å²) in [5.41, 5.74) is 1.75. The van der Waals surface area contributed by atoms with Crippen LogP contribution in [-0.4, -0.2) is 17.6 Å². The maximum absolute atomic E-state index is 12.3. The van der Waals surface area contributed by atoms with Crippen LogP contribution in [0, 0.1) is 5.92 Å². The van der Waals surface area contributed by atoms with Gasteiger partial charge in [0.15, 0.2) is 0 Å². The van der Waals surface area contributed by atoms with Gasteiger partial charge in [-0.15, -0.1) is 0 Å². The van der Waals surface area contributed by atoms with E-state index in [4.69, 9.17) is 9.47 Å². The van der Waals surface area contributed by atoms with E-state index in [9.17, 15) is 4.79 Å². The molecular weight excluding hydrogens is 386 g/mol. The van der Waals surface area contributed by atoms with E-state index in [2.05, 4.69) is 11.9 Å². The SMILES string of the molecule is CCCCCCCCCCCOc1cnccc1-c1ccccc1OC(=O)C(C)CC. The van der Waals surface area contributed by atoms with Gasteiger partial charge in [-0.1, -0.05) is 90.3 Å². The van der Waals surface area contributed by atoms with Crippen molar-refractivity contribution in [3.63, 3.8) is 0 Å². The fourth-order valence-corrected chi connectivity index (χ4v) is 3.47. The van der Waals surface area contributed by atoms with E-state index in [1.807, 2.05) is 44.2 Å². The molecule has 0 N–H and O–H groups in total. The molecule has 170 valence electrons. The summed E-state index contributed by atoms with van der Waals surface area (Å²) in [6, 6.07) is 9.54. The monoisotopic (exact) mass is 425 g/mol. The van der Waals surface area contributed by atoms with Crippen LogP contribution in [0.1, 0.15) is 85.0 Å². The maximum Gasteiger partial charge on any atom is 0.314 e. The van der Waals surface area contributed by atoms with Crippen LogP contribution in [-0.2, 0) is 4.79 Å². The molecular formula is C27H39NO3. The number of esters is 1. The number of hydrogen-bond acceptors (Lipinski definition) is 4. The second kappa shape index (κ2) is 14.6. The summed E-state index contributed by atoms with van der Waals surface area (Å²) < 4.78 is 11.8. The van der Waals surface area contributed by atoms with Gasteiger partial charge < -0.3 is 9.47 Å². The number of ether oxygens (including phenoxy) is 2. The summed E-state index contributed by atoms with van der Waals surface area (Å²) >= 11 is 0. The first-order valence-electron chi connectivity index (χ1n) is 12.0. The molecule has 0 aliphatic heterocycles. The average Bonchev–Trinajstić information content (AvgIpc) is 2.80. The van der Waals surface area contributed by atoms with Gasteiger partial charge in [0.05, 0.1) is 18.7 Å². The van der Waals surface area contributed by atoms with Crippen LogP contribution in [0.5, 0.6) is 11.5 Å². The van der Waals surface area contributed by atoms with Gasteiger partial charge in [-0.25, -0.2) is 0 Å². The van der Waals surface area contributed by atoms with Crippen molar-refractivity contribution in [2.45, 2.75) is 85.0 Å². The topological polar surface area (TPSA) is 48.4 Å². The summed E-state index contributed by atoms with van der Waals surface area (Å²) in [6.07, 6.45) is 15.8. The molecule has 0 aliphatic carbocycles. The lowest BCUT2D eigenvalue weighted by molar-refractivity contribution is -0.138. The Bertz CT molecular complexity index is 775. The normalized spacial score (nSPS) is 11.8. The number of benzene rings is 1. The molecule has 0 bridgehead atoms. The second-order valence-electron chi connectivity index (χ2n) is 8.28. The maximum atomic E-state index is 12.3. The lowest BCUT2D eigenvalue weighted by atomic mass is 10.0. The van der Waals surface area contributed by atoms with Crippen molar-refractivity contribution in [3.05, 3.63) is 42.7 Å². The third kappa shape index (κ3) is 8.72. The number of nitrogens with zero attached hydrogens (tertiary/aromatic N) is 1. The first-order valence-corrected chi connectivity index (χ1v) is 12.0. The number of unbranched alkanes of at least 4 members (excludes halogenated alkanes) is 8. The molecule has 1 aromatic carbocycles. The molecule has 1 heterocycles. The molecule has 0 fully saturated rings. The third-order valence-corrected chi connectivity index (χ3v) is 5.69.